The highest BCUT2D eigenvalue weighted by molar-refractivity contribution is 5.90. The van der Waals surface area contributed by atoms with Crippen molar-refractivity contribution in [2.45, 2.75) is 43.7 Å². The molecular weight excluding hydrogens is 422 g/mol. The van der Waals surface area contributed by atoms with Crippen LogP contribution >= 0.6 is 0 Å². The Labute approximate surface area is 191 Å². The van der Waals surface area contributed by atoms with Crippen LogP contribution in [0.2, 0.25) is 0 Å². The molecule has 2 atom stereocenters. The highest BCUT2D eigenvalue weighted by Crippen LogP contribution is 2.44. The third kappa shape index (κ3) is 4.53. The van der Waals surface area contributed by atoms with Crippen molar-refractivity contribution in [1.82, 2.24) is 10.2 Å². The minimum atomic E-state index is -1.06. The number of unbranched alkanes of at least 4 members (excludes halogenated alkanes) is 1. The molecule has 170 valence electrons. The number of hydrogen-bond donors (Lipinski definition) is 2. The first kappa shape index (κ1) is 22.3. The monoisotopic (exact) mass is 447 g/mol. The molecule has 33 heavy (non-hydrogen) atoms. The molecule has 0 aromatic heterocycles. The number of nitriles is 1. The lowest BCUT2D eigenvalue weighted by Crippen LogP contribution is -2.60. The van der Waals surface area contributed by atoms with E-state index in [2.05, 4.69) is 5.32 Å². The SMILES string of the molecule is N#CCCCC(NC(=O)OCC1c2ccccc2-c2ccccc21)C(=O)N1CCC1C(=O)O. The van der Waals surface area contributed by atoms with E-state index in [1.165, 1.54) is 4.90 Å². The summed E-state index contributed by atoms with van der Waals surface area (Å²) >= 11 is 0. The van der Waals surface area contributed by atoms with Gasteiger partial charge in [0.2, 0.25) is 5.91 Å². The molecule has 0 bridgehead atoms. The summed E-state index contributed by atoms with van der Waals surface area (Å²) in [5.41, 5.74) is 4.39. The van der Waals surface area contributed by atoms with Gasteiger partial charge in [-0.1, -0.05) is 48.5 Å². The van der Waals surface area contributed by atoms with E-state index in [0.29, 0.717) is 19.4 Å². The number of hydrogen-bond acceptors (Lipinski definition) is 5. The van der Waals surface area contributed by atoms with Crippen LogP contribution in [0.4, 0.5) is 4.79 Å². The molecule has 2 aliphatic rings. The van der Waals surface area contributed by atoms with Crippen LogP contribution in [0.1, 0.15) is 42.7 Å². The number of rotatable bonds is 8. The normalized spacial score (nSPS) is 17.2. The first-order valence-electron chi connectivity index (χ1n) is 11.0. The second kappa shape index (κ2) is 9.74. The minimum Gasteiger partial charge on any atom is -0.480 e. The molecule has 2 aromatic rings. The Bertz CT molecular complexity index is 1060. The number of amides is 2. The number of carbonyl (C=O) groups is 3. The fourth-order valence-corrected chi connectivity index (χ4v) is 4.53. The van der Waals surface area contributed by atoms with E-state index in [9.17, 15) is 19.5 Å². The second-order valence-electron chi connectivity index (χ2n) is 8.25. The van der Waals surface area contributed by atoms with Gasteiger partial charge in [-0.15, -0.1) is 0 Å². The summed E-state index contributed by atoms with van der Waals surface area (Å²) in [5.74, 6) is -1.63. The van der Waals surface area contributed by atoms with Crippen LogP contribution < -0.4 is 5.32 Å². The van der Waals surface area contributed by atoms with Crippen LogP contribution in [0.3, 0.4) is 0 Å². The quantitative estimate of drug-likeness (QED) is 0.600. The van der Waals surface area contributed by atoms with E-state index >= 15 is 0 Å². The molecule has 1 aliphatic carbocycles. The molecule has 0 saturated carbocycles. The molecule has 2 unspecified atom stereocenters. The largest absolute Gasteiger partial charge is 0.480 e. The summed E-state index contributed by atoms with van der Waals surface area (Å²) in [6.07, 6.45) is 0.524. The highest BCUT2D eigenvalue weighted by Gasteiger charge is 2.40. The standard InChI is InChI=1S/C25H25N3O5/c26-13-6-5-11-21(23(29)28-14-12-22(28)24(30)31)27-25(32)33-15-20-18-9-3-1-7-16(18)17-8-2-4-10-19(17)20/h1-4,7-10,20-22H,5-6,11-12,14-15H2,(H,27,32)(H,30,31). The molecule has 0 radical (unpaired) electrons. The molecule has 2 N–H and O–H groups in total. The molecule has 0 spiro atoms. The summed E-state index contributed by atoms with van der Waals surface area (Å²) in [5, 5.41) is 20.7. The van der Waals surface area contributed by atoms with Crippen LogP contribution in [0.15, 0.2) is 48.5 Å². The van der Waals surface area contributed by atoms with Gasteiger partial charge in [0.1, 0.15) is 18.7 Å². The van der Waals surface area contributed by atoms with E-state index in [1.54, 1.807) is 0 Å². The molecule has 8 heteroatoms. The van der Waals surface area contributed by atoms with Gasteiger partial charge in [-0.2, -0.15) is 5.26 Å². The van der Waals surface area contributed by atoms with Crippen molar-refractivity contribution in [1.29, 1.82) is 5.26 Å². The molecule has 2 amide bonds. The summed E-state index contributed by atoms with van der Waals surface area (Å²) in [6.45, 7) is 0.442. The maximum atomic E-state index is 12.9. The number of carboxylic acid groups (broad SMARTS) is 1. The lowest BCUT2D eigenvalue weighted by Gasteiger charge is -2.40. The summed E-state index contributed by atoms with van der Waals surface area (Å²) < 4.78 is 5.53. The van der Waals surface area contributed by atoms with Gasteiger partial charge < -0.3 is 20.1 Å². The third-order valence-electron chi connectivity index (χ3n) is 6.30. The number of aliphatic carboxylic acids is 1. The van der Waals surface area contributed by atoms with Gasteiger partial charge in [-0.25, -0.2) is 9.59 Å². The molecular formula is C25H25N3O5. The predicted molar refractivity (Wildman–Crippen MR) is 119 cm³/mol. The predicted octanol–water partition coefficient (Wildman–Crippen LogP) is 3.27. The Hall–Kier alpha value is -3.86. The van der Waals surface area contributed by atoms with Gasteiger partial charge >= 0.3 is 12.1 Å². The first-order chi connectivity index (χ1) is 16.0. The van der Waals surface area contributed by atoms with Crippen LogP contribution in [0, 0.1) is 11.3 Å². The molecule has 1 fully saturated rings. The fourth-order valence-electron chi connectivity index (χ4n) is 4.53. The highest BCUT2D eigenvalue weighted by atomic mass is 16.5. The van der Waals surface area contributed by atoms with Gasteiger partial charge in [-0.05, 0) is 41.5 Å². The van der Waals surface area contributed by atoms with E-state index < -0.39 is 30.1 Å². The van der Waals surface area contributed by atoms with Gasteiger partial charge in [0.25, 0.3) is 0 Å². The van der Waals surface area contributed by atoms with Gasteiger partial charge in [0.05, 0.1) is 6.07 Å². The third-order valence-corrected chi connectivity index (χ3v) is 6.30. The average molecular weight is 447 g/mol. The summed E-state index contributed by atoms with van der Waals surface area (Å²) in [4.78, 5) is 38.1. The molecule has 4 rings (SSSR count). The number of alkyl carbamates (subject to hydrolysis) is 1. The molecule has 1 saturated heterocycles. The maximum absolute atomic E-state index is 12.9. The molecule has 2 aromatic carbocycles. The van der Waals surface area contributed by atoms with Crippen molar-refractivity contribution in [3.05, 3.63) is 59.7 Å². The zero-order chi connectivity index (χ0) is 23.4. The second-order valence-corrected chi connectivity index (χ2v) is 8.25. The van der Waals surface area contributed by atoms with Crippen molar-refractivity contribution in [2.24, 2.45) is 0 Å². The van der Waals surface area contributed by atoms with Crippen LogP contribution in [-0.4, -0.2) is 53.2 Å². The number of benzene rings is 2. The molecule has 1 heterocycles. The van der Waals surface area contributed by atoms with Crippen LogP contribution in [0.25, 0.3) is 11.1 Å². The average Bonchev–Trinajstić information content (AvgIpc) is 3.10. The van der Waals surface area contributed by atoms with E-state index in [0.717, 1.165) is 22.3 Å². The Morgan fingerprint density at radius 2 is 1.76 bits per heavy atom. The Balaban J connectivity index is 1.42. The zero-order valence-electron chi connectivity index (χ0n) is 18.1. The van der Waals surface area contributed by atoms with E-state index in [4.69, 9.17) is 10.00 Å². The lowest BCUT2D eigenvalue weighted by atomic mass is 9.98. The van der Waals surface area contributed by atoms with Crippen molar-refractivity contribution in [3.8, 4) is 17.2 Å². The van der Waals surface area contributed by atoms with Gasteiger partial charge in [0, 0.05) is 18.9 Å². The van der Waals surface area contributed by atoms with Gasteiger partial charge in [0.15, 0.2) is 0 Å². The summed E-state index contributed by atoms with van der Waals surface area (Å²) in [6, 6.07) is 16.2. The van der Waals surface area contributed by atoms with Crippen molar-refractivity contribution >= 4 is 18.0 Å². The zero-order valence-corrected chi connectivity index (χ0v) is 18.1. The smallest absolute Gasteiger partial charge is 0.407 e. The van der Waals surface area contributed by atoms with E-state index in [1.807, 2.05) is 54.6 Å². The Kier molecular flexibility index (Phi) is 6.59. The Morgan fingerprint density at radius 1 is 1.12 bits per heavy atom. The number of likely N-dealkylation sites (tertiary alicyclic amines) is 1. The number of carboxylic acids is 1. The number of nitrogens with zero attached hydrogens (tertiary/aromatic N) is 2. The van der Waals surface area contributed by atoms with Crippen molar-refractivity contribution < 1.29 is 24.2 Å². The van der Waals surface area contributed by atoms with Crippen molar-refractivity contribution in [3.63, 3.8) is 0 Å². The number of ether oxygens (including phenoxy) is 1. The minimum absolute atomic E-state index is 0.109. The molecule has 1 aliphatic heterocycles. The number of carbonyl (C=O) groups excluding carboxylic acids is 2. The molecule has 8 nitrogen and oxygen atoms in total. The Morgan fingerprint density at radius 3 is 2.30 bits per heavy atom. The first-order valence-corrected chi connectivity index (χ1v) is 11.0. The van der Waals surface area contributed by atoms with Gasteiger partial charge in [-0.3, -0.25) is 4.79 Å². The fraction of sp³-hybridized carbons (Fsp3) is 0.360. The number of fused-ring (bicyclic) bond motifs is 3. The summed E-state index contributed by atoms with van der Waals surface area (Å²) in [7, 11) is 0. The topological polar surface area (TPSA) is 120 Å². The number of nitrogens with one attached hydrogen (secondary N) is 1. The lowest BCUT2D eigenvalue weighted by molar-refractivity contribution is -0.158. The van der Waals surface area contributed by atoms with Crippen LogP contribution in [-0.2, 0) is 14.3 Å². The maximum Gasteiger partial charge on any atom is 0.407 e. The van der Waals surface area contributed by atoms with E-state index in [-0.39, 0.29) is 25.4 Å². The van der Waals surface area contributed by atoms with Crippen molar-refractivity contribution in [2.75, 3.05) is 13.2 Å². The van der Waals surface area contributed by atoms with Crippen LogP contribution in [0.5, 0.6) is 0 Å².